The Morgan fingerprint density at radius 2 is 1.94 bits per heavy atom. The molecule has 0 aliphatic carbocycles. The summed E-state index contributed by atoms with van der Waals surface area (Å²) in [7, 11) is 1.83. The summed E-state index contributed by atoms with van der Waals surface area (Å²) < 4.78 is 1.82. The number of nitrogens with zero attached hydrogens (tertiary/aromatic N) is 5. The molecule has 0 fully saturated rings. The van der Waals surface area contributed by atoms with E-state index in [0.717, 1.165) is 11.4 Å². The van der Waals surface area contributed by atoms with Crippen LogP contribution in [0.15, 0.2) is 29.4 Å². The number of benzene rings is 1. The van der Waals surface area contributed by atoms with Crippen molar-refractivity contribution in [2.75, 3.05) is 11.9 Å². The van der Waals surface area contributed by atoms with Crippen molar-refractivity contribution in [1.29, 1.82) is 0 Å². The van der Waals surface area contributed by atoms with Crippen LogP contribution in [-0.4, -0.2) is 48.6 Å². The van der Waals surface area contributed by atoms with Gasteiger partial charge in [0.25, 0.3) is 5.91 Å². The van der Waals surface area contributed by atoms with Crippen LogP contribution in [0.2, 0.25) is 5.02 Å². The molecule has 164 valence electrons. The van der Waals surface area contributed by atoms with Gasteiger partial charge >= 0.3 is 0 Å². The van der Waals surface area contributed by atoms with Gasteiger partial charge < -0.3 is 9.88 Å². The van der Waals surface area contributed by atoms with Crippen LogP contribution < -0.4 is 10.6 Å². The lowest BCUT2D eigenvalue weighted by molar-refractivity contribution is -0.115. The van der Waals surface area contributed by atoms with Gasteiger partial charge in [-0.1, -0.05) is 41.6 Å². The molecular weight excluding hydrogens is 458 g/mol. The molecule has 0 saturated carbocycles. The van der Waals surface area contributed by atoms with Gasteiger partial charge in [-0.2, -0.15) is 0 Å². The van der Waals surface area contributed by atoms with Gasteiger partial charge in [-0.25, -0.2) is 0 Å². The van der Waals surface area contributed by atoms with E-state index in [-0.39, 0.29) is 11.8 Å². The molecule has 3 rings (SSSR count). The summed E-state index contributed by atoms with van der Waals surface area (Å²) in [6, 6.07) is 6.69. The summed E-state index contributed by atoms with van der Waals surface area (Å²) in [6.07, 6.45) is 1.29. The summed E-state index contributed by atoms with van der Waals surface area (Å²) in [5.41, 5.74) is 0.542. The van der Waals surface area contributed by atoms with Crippen LogP contribution in [0.3, 0.4) is 0 Å². The van der Waals surface area contributed by atoms with E-state index in [1.165, 1.54) is 23.1 Å². The van der Waals surface area contributed by atoms with E-state index >= 15 is 0 Å². The number of thioether (sulfide) groups is 1. The Balaban J connectivity index is 1.50. The minimum Gasteiger partial charge on any atom is -0.352 e. The average Bonchev–Trinajstić information content (AvgIpc) is 3.35. The number of carbonyl (C=O) groups is 2. The van der Waals surface area contributed by atoms with E-state index in [4.69, 9.17) is 11.6 Å². The Morgan fingerprint density at radius 1 is 1.19 bits per heavy atom. The van der Waals surface area contributed by atoms with Crippen molar-refractivity contribution in [3.05, 3.63) is 45.7 Å². The molecular formula is C19H22ClN7O2S2. The first kappa shape index (κ1) is 23.2. The smallest absolute Gasteiger partial charge is 0.251 e. The predicted molar refractivity (Wildman–Crippen MR) is 122 cm³/mol. The van der Waals surface area contributed by atoms with E-state index in [1.54, 1.807) is 31.2 Å². The van der Waals surface area contributed by atoms with Gasteiger partial charge in [0.05, 0.1) is 5.25 Å². The molecule has 2 amide bonds. The van der Waals surface area contributed by atoms with Crippen molar-refractivity contribution in [1.82, 2.24) is 30.3 Å². The Labute approximate surface area is 193 Å². The van der Waals surface area contributed by atoms with Gasteiger partial charge in [0, 0.05) is 30.6 Å². The van der Waals surface area contributed by atoms with E-state index in [9.17, 15) is 9.59 Å². The number of rotatable bonds is 9. The zero-order valence-corrected chi connectivity index (χ0v) is 19.6. The molecule has 31 heavy (non-hydrogen) atoms. The van der Waals surface area contributed by atoms with Crippen LogP contribution in [0.4, 0.5) is 5.13 Å². The molecule has 0 bridgehead atoms. The Morgan fingerprint density at radius 3 is 2.61 bits per heavy atom. The van der Waals surface area contributed by atoms with Crippen molar-refractivity contribution in [2.24, 2.45) is 7.05 Å². The lowest BCUT2D eigenvalue weighted by Crippen LogP contribution is -2.26. The normalized spacial score (nSPS) is 11.9. The molecule has 12 heteroatoms. The molecule has 1 aromatic carbocycles. The quantitative estimate of drug-likeness (QED) is 0.453. The minimum absolute atomic E-state index is 0.177. The Bertz CT molecular complexity index is 1050. The van der Waals surface area contributed by atoms with Gasteiger partial charge in [0.1, 0.15) is 10.8 Å². The summed E-state index contributed by atoms with van der Waals surface area (Å²) in [4.78, 5) is 24.6. The predicted octanol–water partition coefficient (Wildman–Crippen LogP) is 2.97. The number of nitrogens with one attached hydrogen (secondary N) is 2. The highest BCUT2D eigenvalue weighted by atomic mass is 35.5. The SMILES string of the molecule is CCc1nnc(NC(=O)C(C)Sc2nnc(CCNC(=O)c3ccc(Cl)cc3)n2C)s1. The number of aromatic nitrogens is 5. The molecule has 1 atom stereocenters. The first-order valence-corrected chi connectivity index (χ1v) is 11.7. The monoisotopic (exact) mass is 479 g/mol. The maximum absolute atomic E-state index is 12.4. The summed E-state index contributed by atoms with van der Waals surface area (Å²) in [6.45, 7) is 4.19. The second kappa shape index (κ2) is 10.7. The summed E-state index contributed by atoms with van der Waals surface area (Å²) in [5, 5.41) is 24.1. The van der Waals surface area contributed by atoms with Crippen molar-refractivity contribution in [3.8, 4) is 0 Å². The fraction of sp³-hybridized carbons (Fsp3) is 0.368. The zero-order valence-electron chi connectivity index (χ0n) is 17.3. The third-order valence-corrected chi connectivity index (χ3v) is 6.69. The van der Waals surface area contributed by atoms with E-state index < -0.39 is 5.25 Å². The number of hydrogen-bond donors (Lipinski definition) is 2. The second-order valence-electron chi connectivity index (χ2n) is 6.57. The van der Waals surface area contributed by atoms with Gasteiger partial charge in [0.2, 0.25) is 11.0 Å². The lowest BCUT2D eigenvalue weighted by Gasteiger charge is -2.10. The molecule has 2 N–H and O–H groups in total. The summed E-state index contributed by atoms with van der Waals surface area (Å²) >= 11 is 8.51. The standard InChI is InChI=1S/C19H22ClN7O2S2/c1-4-15-24-25-18(31-15)22-16(28)11(2)30-19-26-23-14(27(19)3)9-10-21-17(29)12-5-7-13(20)8-6-12/h5-8,11H,4,9-10H2,1-3H3,(H,21,29)(H,22,25,28). The van der Waals surface area contributed by atoms with Crippen molar-refractivity contribution < 1.29 is 9.59 Å². The number of carbonyl (C=O) groups excluding carboxylic acids is 2. The van der Waals surface area contributed by atoms with E-state index in [0.29, 0.717) is 39.7 Å². The van der Waals surface area contributed by atoms with Crippen LogP contribution in [0.25, 0.3) is 0 Å². The fourth-order valence-electron chi connectivity index (χ4n) is 2.52. The molecule has 9 nitrogen and oxygen atoms in total. The first-order valence-electron chi connectivity index (χ1n) is 9.59. The number of halogens is 1. The molecule has 1 unspecified atom stereocenters. The van der Waals surface area contributed by atoms with Gasteiger partial charge in [-0.3, -0.25) is 14.9 Å². The Hall–Kier alpha value is -2.50. The number of hydrogen-bond acceptors (Lipinski definition) is 8. The van der Waals surface area contributed by atoms with Gasteiger partial charge in [-0.05, 0) is 37.6 Å². The highest BCUT2D eigenvalue weighted by molar-refractivity contribution is 8.00. The lowest BCUT2D eigenvalue weighted by atomic mass is 10.2. The molecule has 3 aromatic rings. The van der Waals surface area contributed by atoms with Crippen LogP contribution in [0, 0.1) is 0 Å². The number of amides is 2. The topological polar surface area (TPSA) is 115 Å². The molecule has 0 aliphatic rings. The molecule has 2 heterocycles. The zero-order chi connectivity index (χ0) is 22.4. The maximum Gasteiger partial charge on any atom is 0.251 e. The van der Waals surface area contributed by atoms with Crippen LogP contribution >= 0.6 is 34.7 Å². The van der Waals surface area contributed by atoms with Crippen molar-refractivity contribution >= 4 is 51.6 Å². The number of anilines is 1. The second-order valence-corrected chi connectivity index (χ2v) is 9.38. The third-order valence-electron chi connectivity index (χ3n) is 4.32. The van der Waals surface area contributed by atoms with Crippen LogP contribution in [0.1, 0.15) is 35.0 Å². The Kier molecular flexibility index (Phi) is 7.99. The van der Waals surface area contributed by atoms with Crippen LogP contribution in [-0.2, 0) is 24.7 Å². The highest BCUT2D eigenvalue weighted by Crippen LogP contribution is 2.23. The third kappa shape index (κ3) is 6.25. The van der Waals surface area contributed by atoms with Gasteiger partial charge in [-0.15, -0.1) is 20.4 Å². The molecule has 0 saturated heterocycles. The van der Waals surface area contributed by atoms with Crippen molar-refractivity contribution in [3.63, 3.8) is 0 Å². The molecule has 0 spiro atoms. The van der Waals surface area contributed by atoms with Crippen molar-refractivity contribution in [2.45, 2.75) is 37.1 Å². The summed E-state index contributed by atoms with van der Waals surface area (Å²) in [5.74, 6) is 0.355. The first-order chi connectivity index (χ1) is 14.9. The minimum atomic E-state index is -0.394. The van der Waals surface area contributed by atoms with Crippen LogP contribution in [0.5, 0.6) is 0 Å². The van der Waals surface area contributed by atoms with Gasteiger partial charge in [0.15, 0.2) is 5.16 Å². The highest BCUT2D eigenvalue weighted by Gasteiger charge is 2.20. The molecule has 2 aromatic heterocycles. The number of aryl methyl sites for hydroxylation is 1. The van der Waals surface area contributed by atoms with E-state index in [2.05, 4.69) is 31.0 Å². The molecule has 0 radical (unpaired) electrons. The fourth-order valence-corrected chi connectivity index (χ4v) is 4.16. The largest absolute Gasteiger partial charge is 0.352 e. The molecule has 0 aliphatic heterocycles. The maximum atomic E-state index is 12.4. The average molecular weight is 480 g/mol. The van der Waals surface area contributed by atoms with E-state index in [1.807, 2.05) is 18.5 Å².